The van der Waals surface area contributed by atoms with Crippen molar-refractivity contribution in [1.82, 2.24) is 10.2 Å². The third kappa shape index (κ3) is 8.18. The third-order valence-corrected chi connectivity index (χ3v) is 7.35. The smallest absolute Gasteiger partial charge is 0.242 e. The second-order valence-corrected chi connectivity index (χ2v) is 11.0. The minimum absolute atomic E-state index is 0.104. The molecule has 0 saturated heterocycles. The lowest BCUT2D eigenvalue weighted by Gasteiger charge is -2.31. The van der Waals surface area contributed by atoms with Crippen LogP contribution in [0.5, 0.6) is 0 Å². The molecule has 0 aliphatic heterocycles. The van der Waals surface area contributed by atoms with Gasteiger partial charge in [0, 0.05) is 33.0 Å². The second kappa shape index (κ2) is 13.1. The molecule has 0 aliphatic carbocycles. The first kappa shape index (κ1) is 27.9. The highest BCUT2D eigenvalue weighted by Crippen LogP contribution is 2.21. The van der Waals surface area contributed by atoms with Crippen LogP contribution in [0.4, 0.5) is 5.69 Å². The maximum absolute atomic E-state index is 13.6. The van der Waals surface area contributed by atoms with Crippen molar-refractivity contribution in [1.29, 1.82) is 0 Å². The van der Waals surface area contributed by atoms with E-state index < -0.39 is 16.1 Å². The number of anilines is 1. The Labute approximate surface area is 220 Å². The Balaban J connectivity index is 1.82. The van der Waals surface area contributed by atoms with Gasteiger partial charge in [0.1, 0.15) is 6.04 Å². The van der Waals surface area contributed by atoms with Gasteiger partial charge in [-0.05, 0) is 42.2 Å². The molecule has 0 heterocycles. The molecule has 1 atom stereocenters. The fraction of sp³-hybridized carbons (Fsp3) is 0.310. The van der Waals surface area contributed by atoms with E-state index in [0.717, 1.165) is 16.7 Å². The quantitative estimate of drug-likeness (QED) is 0.391. The number of sulfonamides is 1. The molecule has 0 unspecified atom stereocenters. The van der Waals surface area contributed by atoms with E-state index in [2.05, 4.69) is 5.32 Å². The zero-order valence-electron chi connectivity index (χ0n) is 21.6. The average molecular weight is 522 g/mol. The maximum atomic E-state index is 13.6. The number of carbonyl (C=O) groups excluding carboxylic acids is 2. The highest BCUT2D eigenvalue weighted by atomic mass is 32.2. The van der Waals surface area contributed by atoms with Crippen molar-refractivity contribution in [3.63, 3.8) is 0 Å². The highest BCUT2D eigenvalue weighted by molar-refractivity contribution is 7.92. The van der Waals surface area contributed by atoms with Crippen molar-refractivity contribution in [3.05, 3.63) is 102 Å². The van der Waals surface area contributed by atoms with Crippen LogP contribution in [0.2, 0.25) is 0 Å². The van der Waals surface area contributed by atoms with Crippen molar-refractivity contribution in [2.24, 2.45) is 0 Å². The molecule has 2 amide bonds. The molecule has 0 aliphatic rings. The first-order chi connectivity index (χ1) is 17.7. The monoisotopic (exact) mass is 521 g/mol. The summed E-state index contributed by atoms with van der Waals surface area (Å²) in [5.74, 6) is -0.447. The van der Waals surface area contributed by atoms with Gasteiger partial charge in [-0.3, -0.25) is 13.9 Å². The minimum Gasteiger partial charge on any atom is -0.357 e. The van der Waals surface area contributed by atoms with E-state index in [1.807, 2.05) is 85.8 Å². The molecule has 0 spiro atoms. The fourth-order valence-electron chi connectivity index (χ4n) is 4.29. The summed E-state index contributed by atoms with van der Waals surface area (Å²) in [4.78, 5) is 28.2. The Morgan fingerprint density at radius 3 is 2.08 bits per heavy atom. The van der Waals surface area contributed by atoms with Crippen LogP contribution >= 0.6 is 0 Å². The van der Waals surface area contributed by atoms with Gasteiger partial charge in [0.2, 0.25) is 21.8 Å². The Morgan fingerprint density at radius 1 is 0.892 bits per heavy atom. The number of nitrogens with zero attached hydrogens (tertiary/aromatic N) is 2. The number of carbonyl (C=O) groups is 2. The van der Waals surface area contributed by atoms with E-state index in [4.69, 9.17) is 0 Å². The summed E-state index contributed by atoms with van der Waals surface area (Å²) in [5, 5.41) is 2.71. The first-order valence-corrected chi connectivity index (χ1v) is 14.2. The SMILES string of the molecule is CNC(=O)[C@@H](Cc1ccccc1)N(Cc1ccccc1)C(=O)CCCN(c1cccc(C)c1)S(C)(=O)=O. The van der Waals surface area contributed by atoms with Crippen LogP contribution in [-0.4, -0.2) is 51.0 Å². The van der Waals surface area contributed by atoms with Crippen molar-refractivity contribution in [3.8, 4) is 0 Å². The van der Waals surface area contributed by atoms with Gasteiger partial charge in [0.05, 0.1) is 11.9 Å². The summed E-state index contributed by atoms with van der Waals surface area (Å²) in [5.41, 5.74) is 3.38. The zero-order chi connectivity index (χ0) is 26.8. The molecular weight excluding hydrogens is 486 g/mol. The molecule has 3 aromatic rings. The standard InChI is InChI=1S/C29H35N3O4S/c1-23-12-10-17-26(20-23)32(37(3,35)36)19-11-18-28(33)31(22-25-15-8-5-9-16-25)27(29(34)30-2)21-24-13-6-4-7-14-24/h4-10,12-17,20,27H,11,18-19,21-22H2,1-3H3,(H,30,34)/t27-/m1/s1. The first-order valence-electron chi connectivity index (χ1n) is 12.3. The van der Waals surface area contributed by atoms with E-state index in [9.17, 15) is 18.0 Å². The lowest BCUT2D eigenvalue weighted by molar-refractivity contribution is -0.141. The van der Waals surface area contributed by atoms with Gasteiger partial charge in [0.25, 0.3) is 0 Å². The van der Waals surface area contributed by atoms with Crippen molar-refractivity contribution >= 4 is 27.5 Å². The van der Waals surface area contributed by atoms with Crippen molar-refractivity contribution in [2.75, 3.05) is 24.2 Å². The molecular formula is C29H35N3O4S. The Bertz CT molecular complexity index is 1280. The summed E-state index contributed by atoms with van der Waals surface area (Å²) < 4.78 is 26.4. The molecule has 0 aromatic heterocycles. The number of benzene rings is 3. The van der Waals surface area contributed by atoms with Crippen LogP contribution in [0.25, 0.3) is 0 Å². The van der Waals surface area contributed by atoms with Crippen molar-refractivity contribution < 1.29 is 18.0 Å². The molecule has 1 N–H and O–H groups in total. The highest BCUT2D eigenvalue weighted by Gasteiger charge is 2.30. The lowest BCUT2D eigenvalue weighted by Crippen LogP contribution is -2.49. The predicted molar refractivity (Wildman–Crippen MR) is 148 cm³/mol. The number of nitrogens with one attached hydrogen (secondary N) is 1. The average Bonchev–Trinajstić information content (AvgIpc) is 2.88. The third-order valence-electron chi connectivity index (χ3n) is 6.16. The van der Waals surface area contributed by atoms with Crippen LogP contribution in [0.15, 0.2) is 84.9 Å². The zero-order valence-corrected chi connectivity index (χ0v) is 22.4. The molecule has 0 fully saturated rings. The summed E-state index contributed by atoms with van der Waals surface area (Å²) in [6, 6.07) is 25.7. The largest absolute Gasteiger partial charge is 0.357 e. The van der Waals surface area contributed by atoms with Gasteiger partial charge in [-0.1, -0.05) is 72.8 Å². The van der Waals surface area contributed by atoms with Crippen LogP contribution in [0.3, 0.4) is 0 Å². The number of aryl methyl sites for hydroxylation is 1. The maximum Gasteiger partial charge on any atom is 0.242 e. The van der Waals surface area contributed by atoms with Crippen LogP contribution in [0, 0.1) is 6.92 Å². The fourth-order valence-corrected chi connectivity index (χ4v) is 5.24. The van der Waals surface area contributed by atoms with Crippen LogP contribution in [0.1, 0.15) is 29.5 Å². The van der Waals surface area contributed by atoms with Crippen molar-refractivity contribution in [2.45, 2.75) is 38.8 Å². The Kier molecular flexibility index (Phi) is 9.85. The summed E-state index contributed by atoms with van der Waals surface area (Å²) in [6.07, 6.45) is 1.96. The number of hydrogen-bond donors (Lipinski definition) is 1. The van der Waals surface area contributed by atoms with E-state index in [0.29, 0.717) is 18.5 Å². The van der Waals surface area contributed by atoms with Gasteiger partial charge in [-0.15, -0.1) is 0 Å². The van der Waals surface area contributed by atoms with Gasteiger partial charge in [-0.25, -0.2) is 8.42 Å². The molecule has 196 valence electrons. The van der Waals surface area contributed by atoms with E-state index in [-0.39, 0.29) is 31.3 Å². The second-order valence-electron chi connectivity index (χ2n) is 9.10. The molecule has 3 aromatic carbocycles. The molecule has 3 rings (SSSR count). The van der Waals surface area contributed by atoms with E-state index >= 15 is 0 Å². The van der Waals surface area contributed by atoms with E-state index in [1.54, 1.807) is 18.0 Å². The van der Waals surface area contributed by atoms with Crippen LogP contribution < -0.4 is 9.62 Å². The van der Waals surface area contributed by atoms with Gasteiger partial charge in [-0.2, -0.15) is 0 Å². The summed E-state index contributed by atoms with van der Waals surface area (Å²) in [7, 11) is -1.96. The molecule has 7 nitrogen and oxygen atoms in total. The Morgan fingerprint density at radius 2 is 1.51 bits per heavy atom. The number of likely N-dealkylation sites (N-methyl/N-ethyl adjacent to an activating group) is 1. The normalized spacial score (nSPS) is 12.0. The minimum atomic E-state index is -3.53. The summed E-state index contributed by atoms with van der Waals surface area (Å²) in [6.45, 7) is 2.34. The molecule has 0 bridgehead atoms. The van der Waals surface area contributed by atoms with Crippen LogP contribution in [-0.2, 0) is 32.6 Å². The molecule has 37 heavy (non-hydrogen) atoms. The number of hydrogen-bond acceptors (Lipinski definition) is 4. The van der Waals surface area contributed by atoms with Gasteiger partial charge in [0.15, 0.2) is 0 Å². The number of amides is 2. The lowest BCUT2D eigenvalue weighted by atomic mass is 10.0. The van der Waals surface area contributed by atoms with E-state index in [1.165, 1.54) is 10.6 Å². The number of rotatable bonds is 12. The summed E-state index contributed by atoms with van der Waals surface area (Å²) >= 11 is 0. The topological polar surface area (TPSA) is 86.8 Å². The Hall–Kier alpha value is -3.65. The van der Waals surface area contributed by atoms with Gasteiger partial charge >= 0.3 is 0 Å². The molecule has 0 radical (unpaired) electrons. The predicted octanol–water partition coefficient (Wildman–Crippen LogP) is 3.93. The molecule has 8 heteroatoms. The molecule has 0 saturated carbocycles. The van der Waals surface area contributed by atoms with Gasteiger partial charge < -0.3 is 10.2 Å².